The lowest BCUT2D eigenvalue weighted by molar-refractivity contribution is -0.127. The molecule has 0 unspecified atom stereocenters. The average molecular weight is 255 g/mol. The lowest BCUT2D eigenvalue weighted by Gasteiger charge is -2.24. The van der Waals surface area contributed by atoms with Gasteiger partial charge in [-0.1, -0.05) is 18.6 Å². The van der Waals surface area contributed by atoms with Crippen LogP contribution in [0.2, 0.25) is 0 Å². The first-order valence-corrected chi connectivity index (χ1v) is 5.88. The van der Waals surface area contributed by atoms with Gasteiger partial charge in [0.15, 0.2) is 0 Å². The molecule has 0 aliphatic heterocycles. The molecular weight excluding hydrogens is 236 g/mol. The van der Waals surface area contributed by atoms with Crippen LogP contribution in [0.15, 0.2) is 24.3 Å². The monoisotopic (exact) mass is 254 g/mol. The van der Waals surface area contributed by atoms with Crippen molar-refractivity contribution in [1.29, 1.82) is 0 Å². The minimum Gasteiger partial charge on any atom is -0.399 e. The molecule has 4 heteroatoms. The lowest BCUT2D eigenvalue weighted by Crippen LogP contribution is -2.35. The molecule has 1 aliphatic carbocycles. The average Bonchev–Trinajstić information content (AvgIpc) is 2.18. The van der Waals surface area contributed by atoms with Crippen molar-refractivity contribution in [2.24, 2.45) is 5.92 Å². The fraction of sp³-hybridized carbons (Fsp3) is 0.462. The highest BCUT2D eigenvalue weighted by molar-refractivity contribution is 5.85. The zero-order valence-electron chi connectivity index (χ0n) is 9.82. The Balaban J connectivity index is 0.00000144. The standard InChI is InChI=1S/C13H18N2O.ClH/c14-12-6-4-10(5-7-12)8-9-15-13(16)11-2-1-3-11;/h4-7,11H,1-3,8-9,14H2,(H,15,16);1H. The SMILES string of the molecule is Cl.Nc1ccc(CCNC(=O)C2CCC2)cc1. The highest BCUT2D eigenvalue weighted by atomic mass is 35.5. The fourth-order valence-corrected chi connectivity index (χ4v) is 1.83. The number of amides is 1. The Morgan fingerprint density at radius 1 is 1.29 bits per heavy atom. The van der Waals surface area contributed by atoms with Crippen molar-refractivity contribution in [3.05, 3.63) is 29.8 Å². The molecule has 1 fully saturated rings. The third kappa shape index (κ3) is 3.93. The topological polar surface area (TPSA) is 55.1 Å². The molecule has 0 radical (unpaired) electrons. The maximum absolute atomic E-state index is 11.5. The summed E-state index contributed by atoms with van der Waals surface area (Å²) in [6, 6.07) is 7.79. The van der Waals surface area contributed by atoms with Gasteiger partial charge in [-0.05, 0) is 37.0 Å². The number of halogens is 1. The van der Waals surface area contributed by atoms with Gasteiger partial charge in [0.25, 0.3) is 0 Å². The Hall–Kier alpha value is -1.22. The zero-order chi connectivity index (χ0) is 11.4. The van der Waals surface area contributed by atoms with Crippen LogP contribution in [0.4, 0.5) is 5.69 Å². The van der Waals surface area contributed by atoms with Crippen molar-refractivity contribution in [3.8, 4) is 0 Å². The Morgan fingerprint density at radius 3 is 2.47 bits per heavy atom. The van der Waals surface area contributed by atoms with Gasteiger partial charge in [0.05, 0.1) is 0 Å². The quantitative estimate of drug-likeness (QED) is 0.809. The van der Waals surface area contributed by atoms with E-state index in [9.17, 15) is 4.79 Å². The molecule has 1 saturated carbocycles. The Morgan fingerprint density at radius 2 is 1.94 bits per heavy atom. The van der Waals surface area contributed by atoms with Gasteiger partial charge in [-0.25, -0.2) is 0 Å². The van der Waals surface area contributed by atoms with Gasteiger partial charge in [-0.2, -0.15) is 0 Å². The molecule has 0 spiro atoms. The predicted molar refractivity (Wildman–Crippen MR) is 72.2 cm³/mol. The van der Waals surface area contributed by atoms with E-state index >= 15 is 0 Å². The molecular formula is C13H19ClN2O. The first-order valence-electron chi connectivity index (χ1n) is 5.88. The summed E-state index contributed by atoms with van der Waals surface area (Å²) in [5.74, 6) is 0.508. The number of nitrogen functional groups attached to an aromatic ring is 1. The molecule has 94 valence electrons. The second kappa shape index (κ2) is 6.50. The Labute approximate surface area is 108 Å². The Bertz CT molecular complexity index is 360. The van der Waals surface area contributed by atoms with Crippen LogP contribution in [0.1, 0.15) is 24.8 Å². The number of benzene rings is 1. The number of rotatable bonds is 4. The van der Waals surface area contributed by atoms with Crippen molar-refractivity contribution in [2.45, 2.75) is 25.7 Å². The van der Waals surface area contributed by atoms with Crippen LogP contribution in [-0.4, -0.2) is 12.5 Å². The molecule has 0 saturated heterocycles. The molecule has 0 heterocycles. The summed E-state index contributed by atoms with van der Waals surface area (Å²) < 4.78 is 0. The van der Waals surface area contributed by atoms with Crippen LogP contribution in [0.25, 0.3) is 0 Å². The lowest BCUT2D eigenvalue weighted by atomic mass is 9.85. The van der Waals surface area contributed by atoms with Gasteiger partial charge in [0, 0.05) is 18.2 Å². The maximum Gasteiger partial charge on any atom is 0.223 e. The molecule has 3 N–H and O–H groups in total. The van der Waals surface area contributed by atoms with E-state index in [1.54, 1.807) is 0 Å². The molecule has 17 heavy (non-hydrogen) atoms. The first-order chi connectivity index (χ1) is 7.75. The number of hydrogen-bond acceptors (Lipinski definition) is 2. The normalized spacial score (nSPS) is 14.6. The summed E-state index contributed by atoms with van der Waals surface area (Å²) in [5, 5.41) is 2.98. The van der Waals surface area contributed by atoms with Gasteiger partial charge < -0.3 is 11.1 Å². The van der Waals surface area contributed by atoms with Crippen LogP contribution < -0.4 is 11.1 Å². The molecule has 1 amide bonds. The predicted octanol–water partition coefficient (Wildman–Crippen LogP) is 2.15. The van der Waals surface area contributed by atoms with Crippen LogP contribution in [0.3, 0.4) is 0 Å². The molecule has 0 bridgehead atoms. The van der Waals surface area contributed by atoms with E-state index in [0.29, 0.717) is 0 Å². The highest BCUT2D eigenvalue weighted by Gasteiger charge is 2.24. The van der Waals surface area contributed by atoms with Crippen molar-refractivity contribution >= 4 is 24.0 Å². The summed E-state index contributed by atoms with van der Waals surface area (Å²) in [6.07, 6.45) is 4.20. The second-order valence-electron chi connectivity index (χ2n) is 4.41. The molecule has 1 aliphatic rings. The van der Waals surface area contributed by atoms with E-state index < -0.39 is 0 Å². The van der Waals surface area contributed by atoms with Crippen LogP contribution in [0.5, 0.6) is 0 Å². The molecule has 2 rings (SSSR count). The van der Waals surface area contributed by atoms with Crippen molar-refractivity contribution < 1.29 is 4.79 Å². The summed E-state index contributed by atoms with van der Waals surface area (Å²) in [5.41, 5.74) is 7.59. The number of carbonyl (C=O) groups excluding carboxylic acids is 1. The minimum absolute atomic E-state index is 0. The van der Waals surface area contributed by atoms with Crippen molar-refractivity contribution in [2.75, 3.05) is 12.3 Å². The minimum atomic E-state index is 0. The maximum atomic E-state index is 11.5. The van der Waals surface area contributed by atoms with Gasteiger partial charge in [0.1, 0.15) is 0 Å². The van der Waals surface area contributed by atoms with Gasteiger partial charge in [0.2, 0.25) is 5.91 Å². The van der Waals surface area contributed by atoms with Crippen LogP contribution in [0, 0.1) is 5.92 Å². The summed E-state index contributed by atoms with van der Waals surface area (Å²) in [4.78, 5) is 11.5. The molecule has 0 atom stereocenters. The summed E-state index contributed by atoms with van der Waals surface area (Å²) in [6.45, 7) is 0.721. The van der Waals surface area contributed by atoms with E-state index in [0.717, 1.165) is 31.5 Å². The number of nitrogens with two attached hydrogens (primary N) is 1. The van der Waals surface area contributed by atoms with E-state index in [4.69, 9.17) is 5.73 Å². The number of anilines is 1. The summed E-state index contributed by atoms with van der Waals surface area (Å²) in [7, 11) is 0. The fourth-order valence-electron chi connectivity index (χ4n) is 1.83. The molecule has 1 aromatic rings. The smallest absolute Gasteiger partial charge is 0.223 e. The largest absolute Gasteiger partial charge is 0.399 e. The van der Waals surface area contributed by atoms with Crippen molar-refractivity contribution in [1.82, 2.24) is 5.32 Å². The van der Waals surface area contributed by atoms with E-state index in [2.05, 4.69) is 5.32 Å². The zero-order valence-corrected chi connectivity index (χ0v) is 10.6. The molecule has 3 nitrogen and oxygen atoms in total. The number of hydrogen-bond donors (Lipinski definition) is 2. The van der Waals surface area contributed by atoms with Gasteiger partial charge in [-0.15, -0.1) is 12.4 Å². The van der Waals surface area contributed by atoms with E-state index in [1.165, 1.54) is 12.0 Å². The summed E-state index contributed by atoms with van der Waals surface area (Å²) >= 11 is 0. The highest BCUT2D eigenvalue weighted by Crippen LogP contribution is 2.26. The molecule has 0 aromatic heterocycles. The first kappa shape index (κ1) is 13.8. The van der Waals surface area contributed by atoms with Gasteiger partial charge >= 0.3 is 0 Å². The van der Waals surface area contributed by atoms with Crippen LogP contribution >= 0.6 is 12.4 Å². The second-order valence-corrected chi connectivity index (χ2v) is 4.41. The third-order valence-corrected chi connectivity index (χ3v) is 3.17. The van der Waals surface area contributed by atoms with E-state index in [-0.39, 0.29) is 24.2 Å². The third-order valence-electron chi connectivity index (χ3n) is 3.17. The van der Waals surface area contributed by atoms with Crippen molar-refractivity contribution in [3.63, 3.8) is 0 Å². The molecule has 1 aromatic carbocycles. The van der Waals surface area contributed by atoms with Gasteiger partial charge in [-0.3, -0.25) is 4.79 Å². The number of carbonyl (C=O) groups is 1. The number of nitrogens with one attached hydrogen (secondary N) is 1. The van der Waals surface area contributed by atoms with Crippen LogP contribution in [-0.2, 0) is 11.2 Å². The Kier molecular flexibility index (Phi) is 5.29. The van der Waals surface area contributed by atoms with E-state index in [1.807, 2.05) is 24.3 Å².